The van der Waals surface area contributed by atoms with Gasteiger partial charge in [-0.15, -0.1) is 0 Å². The molecule has 0 aliphatic rings. The third-order valence-electron chi connectivity index (χ3n) is 4.81. The second kappa shape index (κ2) is 10.7. The first-order valence-corrected chi connectivity index (χ1v) is 11.2. The average Bonchev–Trinajstić information content (AvgIpc) is 2.83. The van der Waals surface area contributed by atoms with Gasteiger partial charge in [0.15, 0.2) is 0 Å². The number of rotatable bonds is 8. The highest BCUT2D eigenvalue weighted by atomic mass is 79.9. The molecule has 3 aromatic carbocycles. The van der Waals surface area contributed by atoms with Crippen LogP contribution in [0.5, 0.6) is 0 Å². The number of nitrogens with zero attached hydrogens (tertiary/aromatic N) is 3. The molecule has 0 atom stereocenters. The van der Waals surface area contributed by atoms with Crippen LogP contribution < -0.4 is 16.0 Å². The van der Waals surface area contributed by atoms with E-state index in [9.17, 15) is 17.6 Å². The SMILES string of the molecule is Fc1ccc(CNc2nc(NCc3ccc(Br)cc3)nc(Nc3cccc(C(F)(F)F)c3)n2)cc1. The fraction of sp³-hybridized carbons (Fsp3) is 0.125. The molecule has 11 heteroatoms. The summed E-state index contributed by atoms with van der Waals surface area (Å²) in [7, 11) is 0. The highest BCUT2D eigenvalue weighted by Crippen LogP contribution is 2.31. The summed E-state index contributed by atoms with van der Waals surface area (Å²) in [5, 5.41) is 8.95. The average molecular weight is 547 g/mol. The summed E-state index contributed by atoms with van der Waals surface area (Å²) < 4.78 is 53.4. The van der Waals surface area contributed by atoms with Gasteiger partial charge < -0.3 is 16.0 Å². The number of halogens is 5. The minimum atomic E-state index is -4.48. The molecule has 6 nitrogen and oxygen atoms in total. The fourth-order valence-electron chi connectivity index (χ4n) is 3.06. The Balaban J connectivity index is 1.56. The van der Waals surface area contributed by atoms with Gasteiger partial charge in [0.1, 0.15) is 5.82 Å². The molecule has 0 radical (unpaired) electrons. The van der Waals surface area contributed by atoms with Gasteiger partial charge in [0.05, 0.1) is 5.56 Å². The maximum absolute atomic E-state index is 13.2. The second-order valence-electron chi connectivity index (χ2n) is 7.47. The van der Waals surface area contributed by atoms with Gasteiger partial charge in [-0.05, 0) is 53.6 Å². The molecule has 4 rings (SSSR count). The Morgan fingerprint density at radius 3 is 1.83 bits per heavy atom. The zero-order valence-electron chi connectivity index (χ0n) is 18.1. The molecule has 1 aromatic heterocycles. The van der Waals surface area contributed by atoms with Crippen LogP contribution in [0, 0.1) is 5.82 Å². The van der Waals surface area contributed by atoms with Crippen molar-refractivity contribution in [1.82, 2.24) is 15.0 Å². The van der Waals surface area contributed by atoms with Crippen molar-refractivity contribution < 1.29 is 17.6 Å². The van der Waals surface area contributed by atoms with Crippen LogP contribution in [0.4, 0.5) is 41.1 Å². The maximum atomic E-state index is 13.2. The van der Waals surface area contributed by atoms with Gasteiger partial charge in [0, 0.05) is 23.2 Å². The summed E-state index contributed by atoms with van der Waals surface area (Å²) in [5.41, 5.74) is 1.15. The summed E-state index contributed by atoms with van der Waals surface area (Å²) in [6.07, 6.45) is -4.48. The van der Waals surface area contributed by atoms with E-state index >= 15 is 0 Å². The van der Waals surface area contributed by atoms with Gasteiger partial charge in [-0.3, -0.25) is 0 Å². The van der Waals surface area contributed by atoms with Crippen LogP contribution >= 0.6 is 15.9 Å². The highest BCUT2D eigenvalue weighted by molar-refractivity contribution is 9.10. The third-order valence-corrected chi connectivity index (χ3v) is 5.34. The third kappa shape index (κ3) is 7.12. The van der Waals surface area contributed by atoms with Crippen LogP contribution in [0.2, 0.25) is 0 Å². The van der Waals surface area contributed by atoms with E-state index in [0.29, 0.717) is 13.1 Å². The van der Waals surface area contributed by atoms with E-state index in [1.54, 1.807) is 12.1 Å². The Morgan fingerprint density at radius 2 is 1.26 bits per heavy atom. The minimum Gasteiger partial charge on any atom is -0.350 e. The lowest BCUT2D eigenvalue weighted by molar-refractivity contribution is -0.137. The van der Waals surface area contributed by atoms with Gasteiger partial charge in [-0.25, -0.2) is 4.39 Å². The Morgan fingerprint density at radius 1 is 0.714 bits per heavy atom. The monoisotopic (exact) mass is 546 g/mol. The molecule has 0 spiro atoms. The molecular weight excluding hydrogens is 528 g/mol. The fourth-order valence-corrected chi connectivity index (χ4v) is 3.32. The zero-order chi connectivity index (χ0) is 24.8. The smallest absolute Gasteiger partial charge is 0.350 e. The first kappa shape index (κ1) is 24.4. The number of hydrogen-bond donors (Lipinski definition) is 3. The van der Waals surface area contributed by atoms with Gasteiger partial charge in [0.25, 0.3) is 0 Å². The number of benzene rings is 3. The number of aromatic nitrogens is 3. The highest BCUT2D eigenvalue weighted by Gasteiger charge is 2.30. The molecular formula is C24H19BrF4N6. The molecule has 0 amide bonds. The van der Waals surface area contributed by atoms with Crippen LogP contribution in [0.1, 0.15) is 16.7 Å². The molecule has 0 bridgehead atoms. The van der Waals surface area contributed by atoms with Gasteiger partial charge in [0.2, 0.25) is 17.8 Å². The van der Waals surface area contributed by atoms with Crippen LogP contribution in [0.25, 0.3) is 0 Å². The van der Waals surface area contributed by atoms with Crippen molar-refractivity contribution >= 4 is 39.5 Å². The standard InChI is InChI=1S/C24H19BrF4N6/c25-18-8-4-15(5-9-18)13-30-21-33-22(31-14-16-6-10-19(26)11-7-16)35-23(34-21)32-20-3-1-2-17(12-20)24(27,28)29/h1-12H,13-14H2,(H3,30,31,32,33,34,35). The molecule has 1 heterocycles. The molecule has 35 heavy (non-hydrogen) atoms. The van der Waals surface area contributed by atoms with E-state index in [4.69, 9.17) is 0 Å². The van der Waals surface area contributed by atoms with Crippen LogP contribution in [0.3, 0.4) is 0 Å². The van der Waals surface area contributed by atoms with E-state index in [0.717, 1.165) is 27.7 Å². The van der Waals surface area contributed by atoms with Crippen molar-refractivity contribution in [3.8, 4) is 0 Å². The first-order chi connectivity index (χ1) is 16.7. The zero-order valence-corrected chi connectivity index (χ0v) is 19.7. The van der Waals surface area contributed by atoms with Crippen LogP contribution in [-0.2, 0) is 19.3 Å². The number of alkyl halides is 3. The van der Waals surface area contributed by atoms with Gasteiger partial charge in [-0.2, -0.15) is 28.1 Å². The quantitative estimate of drug-likeness (QED) is 0.212. The predicted octanol–water partition coefficient (Wildman–Crippen LogP) is 6.76. The summed E-state index contributed by atoms with van der Waals surface area (Å²) in [6.45, 7) is 0.719. The van der Waals surface area contributed by atoms with Crippen molar-refractivity contribution in [1.29, 1.82) is 0 Å². The van der Waals surface area contributed by atoms with Crippen molar-refractivity contribution in [2.45, 2.75) is 19.3 Å². The Kier molecular flexibility index (Phi) is 7.45. The summed E-state index contributed by atoms with van der Waals surface area (Å²) >= 11 is 3.39. The van der Waals surface area contributed by atoms with Gasteiger partial charge in [-0.1, -0.05) is 46.3 Å². The lowest BCUT2D eigenvalue weighted by Gasteiger charge is -2.13. The van der Waals surface area contributed by atoms with Crippen molar-refractivity contribution in [3.05, 3.63) is 99.8 Å². The second-order valence-corrected chi connectivity index (χ2v) is 8.39. The molecule has 0 saturated heterocycles. The maximum Gasteiger partial charge on any atom is 0.416 e. The largest absolute Gasteiger partial charge is 0.416 e. The Bertz CT molecular complexity index is 1210. The Hall–Kier alpha value is -3.73. The Labute approximate surface area is 207 Å². The molecule has 180 valence electrons. The predicted molar refractivity (Wildman–Crippen MR) is 130 cm³/mol. The summed E-state index contributed by atoms with van der Waals surface area (Å²) in [4.78, 5) is 12.9. The van der Waals surface area contributed by atoms with Crippen molar-refractivity contribution in [2.75, 3.05) is 16.0 Å². The van der Waals surface area contributed by atoms with E-state index in [1.165, 1.54) is 24.3 Å². The van der Waals surface area contributed by atoms with E-state index in [-0.39, 0.29) is 29.3 Å². The van der Waals surface area contributed by atoms with E-state index in [1.807, 2.05) is 24.3 Å². The summed E-state index contributed by atoms with van der Waals surface area (Å²) in [6, 6.07) is 18.3. The summed E-state index contributed by atoms with van der Waals surface area (Å²) in [5.74, 6) is 0.122. The van der Waals surface area contributed by atoms with E-state index in [2.05, 4.69) is 46.8 Å². The number of anilines is 4. The molecule has 0 aliphatic heterocycles. The molecule has 0 unspecified atom stereocenters. The number of hydrogen-bond acceptors (Lipinski definition) is 6. The van der Waals surface area contributed by atoms with Gasteiger partial charge >= 0.3 is 6.18 Å². The van der Waals surface area contributed by atoms with E-state index < -0.39 is 11.7 Å². The first-order valence-electron chi connectivity index (χ1n) is 10.4. The van der Waals surface area contributed by atoms with Crippen LogP contribution in [-0.4, -0.2) is 15.0 Å². The molecule has 0 saturated carbocycles. The van der Waals surface area contributed by atoms with Crippen LogP contribution in [0.15, 0.2) is 77.3 Å². The topological polar surface area (TPSA) is 74.8 Å². The lowest BCUT2D eigenvalue weighted by atomic mass is 10.2. The molecule has 4 aromatic rings. The normalized spacial score (nSPS) is 11.2. The molecule has 3 N–H and O–H groups in total. The lowest BCUT2D eigenvalue weighted by Crippen LogP contribution is -2.11. The molecule has 0 fully saturated rings. The van der Waals surface area contributed by atoms with Crippen molar-refractivity contribution in [3.63, 3.8) is 0 Å². The minimum absolute atomic E-state index is 0.0548. The molecule has 0 aliphatic carbocycles. The van der Waals surface area contributed by atoms with Crippen molar-refractivity contribution in [2.24, 2.45) is 0 Å². The number of nitrogens with one attached hydrogen (secondary N) is 3.